The van der Waals surface area contributed by atoms with Gasteiger partial charge < -0.3 is 16.2 Å². The normalized spacial score (nSPS) is 10.3. The van der Waals surface area contributed by atoms with Crippen LogP contribution < -0.4 is 16.2 Å². The highest BCUT2D eigenvalue weighted by atomic mass is 16.5. The van der Waals surface area contributed by atoms with Crippen LogP contribution in [0, 0.1) is 0 Å². The second-order valence-corrected chi connectivity index (χ2v) is 3.53. The molecule has 0 fully saturated rings. The fourth-order valence-corrected chi connectivity index (χ4v) is 1.33. The van der Waals surface area contributed by atoms with Crippen molar-refractivity contribution >= 4 is 0 Å². The molecular formula is C12H20N2O. The third-order valence-corrected chi connectivity index (χ3v) is 2.21. The van der Waals surface area contributed by atoms with Crippen LogP contribution in [0.5, 0.6) is 5.75 Å². The Bertz CT molecular complexity index is 259. The van der Waals surface area contributed by atoms with E-state index in [1.54, 1.807) is 0 Å². The highest BCUT2D eigenvalue weighted by Gasteiger charge is 1.95. The van der Waals surface area contributed by atoms with Crippen LogP contribution in [0.15, 0.2) is 24.3 Å². The van der Waals surface area contributed by atoms with Gasteiger partial charge in [-0.15, -0.1) is 0 Å². The molecule has 0 aliphatic rings. The molecule has 3 heteroatoms. The average Bonchev–Trinajstić information content (AvgIpc) is 2.28. The standard InChI is InChI=1S/C12H20N2O/c13-8-1-3-11-4-6-12(7-5-11)15-10-2-9-14/h4-7H,1-3,8-10,13-14H2. The monoisotopic (exact) mass is 208 g/mol. The van der Waals surface area contributed by atoms with E-state index in [2.05, 4.69) is 12.1 Å². The van der Waals surface area contributed by atoms with Crippen LogP contribution in [0.1, 0.15) is 18.4 Å². The summed E-state index contributed by atoms with van der Waals surface area (Å²) < 4.78 is 5.50. The maximum atomic E-state index is 5.50. The van der Waals surface area contributed by atoms with Crippen LogP contribution in [-0.4, -0.2) is 19.7 Å². The number of nitrogens with two attached hydrogens (primary N) is 2. The largest absolute Gasteiger partial charge is 0.494 e. The molecule has 84 valence electrons. The second kappa shape index (κ2) is 7.26. The number of aryl methyl sites for hydroxylation is 1. The van der Waals surface area contributed by atoms with Crippen LogP contribution in [0.2, 0.25) is 0 Å². The number of rotatable bonds is 7. The minimum Gasteiger partial charge on any atom is -0.494 e. The van der Waals surface area contributed by atoms with Crippen molar-refractivity contribution in [3.05, 3.63) is 29.8 Å². The van der Waals surface area contributed by atoms with Crippen LogP contribution >= 0.6 is 0 Å². The van der Waals surface area contributed by atoms with E-state index in [0.717, 1.165) is 31.6 Å². The Balaban J connectivity index is 2.35. The fourth-order valence-electron chi connectivity index (χ4n) is 1.33. The molecule has 0 atom stereocenters. The summed E-state index contributed by atoms with van der Waals surface area (Å²) in [6.45, 7) is 2.11. The zero-order valence-electron chi connectivity index (χ0n) is 9.11. The molecule has 1 aromatic carbocycles. The highest BCUT2D eigenvalue weighted by Crippen LogP contribution is 2.13. The quantitative estimate of drug-likeness (QED) is 0.664. The molecule has 0 aliphatic carbocycles. The van der Waals surface area contributed by atoms with Gasteiger partial charge in [-0.05, 0) is 50.0 Å². The van der Waals surface area contributed by atoms with Gasteiger partial charge in [-0.1, -0.05) is 12.1 Å². The molecule has 0 radical (unpaired) electrons. The summed E-state index contributed by atoms with van der Waals surface area (Å²) in [6, 6.07) is 8.19. The molecule has 0 spiro atoms. The van der Waals surface area contributed by atoms with Crippen LogP contribution in [0.25, 0.3) is 0 Å². The van der Waals surface area contributed by atoms with Gasteiger partial charge in [-0.3, -0.25) is 0 Å². The summed E-state index contributed by atoms with van der Waals surface area (Å²) in [5.74, 6) is 0.917. The fraction of sp³-hybridized carbons (Fsp3) is 0.500. The van der Waals surface area contributed by atoms with Crippen molar-refractivity contribution in [3.63, 3.8) is 0 Å². The lowest BCUT2D eigenvalue weighted by Gasteiger charge is -2.06. The Labute approximate surface area is 91.4 Å². The molecule has 3 nitrogen and oxygen atoms in total. The number of benzene rings is 1. The summed E-state index contributed by atoms with van der Waals surface area (Å²) in [7, 11) is 0. The van der Waals surface area contributed by atoms with Gasteiger partial charge in [0.15, 0.2) is 0 Å². The van der Waals surface area contributed by atoms with E-state index in [1.165, 1.54) is 5.56 Å². The van der Waals surface area contributed by atoms with Crippen molar-refractivity contribution in [2.45, 2.75) is 19.3 Å². The molecule has 0 heterocycles. The lowest BCUT2D eigenvalue weighted by Crippen LogP contribution is -2.06. The van der Waals surface area contributed by atoms with E-state index >= 15 is 0 Å². The van der Waals surface area contributed by atoms with Crippen molar-refractivity contribution in [1.82, 2.24) is 0 Å². The lowest BCUT2D eigenvalue weighted by atomic mass is 10.1. The summed E-state index contributed by atoms with van der Waals surface area (Å²) in [4.78, 5) is 0. The molecule has 0 saturated carbocycles. The molecule has 0 saturated heterocycles. The van der Waals surface area contributed by atoms with Crippen LogP contribution in [0.4, 0.5) is 0 Å². The van der Waals surface area contributed by atoms with E-state index in [4.69, 9.17) is 16.2 Å². The van der Waals surface area contributed by atoms with Crippen LogP contribution in [0.3, 0.4) is 0 Å². The maximum Gasteiger partial charge on any atom is 0.119 e. The zero-order chi connectivity index (χ0) is 10.9. The van der Waals surface area contributed by atoms with Gasteiger partial charge in [0.25, 0.3) is 0 Å². The maximum absolute atomic E-state index is 5.50. The summed E-state index contributed by atoms with van der Waals surface area (Å²) in [6.07, 6.45) is 2.97. The predicted octanol–water partition coefficient (Wildman–Crippen LogP) is 1.31. The second-order valence-electron chi connectivity index (χ2n) is 3.53. The molecule has 4 N–H and O–H groups in total. The topological polar surface area (TPSA) is 61.3 Å². The first-order valence-corrected chi connectivity index (χ1v) is 5.48. The highest BCUT2D eigenvalue weighted by molar-refractivity contribution is 5.27. The van der Waals surface area contributed by atoms with Crippen molar-refractivity contribution in [2.75, 3.05) is 19.7 Å². The third-order valence-electron chi connectivity index (χ3n) is 2.21. The minimum atomic E-state index is 0.675. The van der Waals surface area contributed by atoms with Gasteiger partial charge in [0.2, 0.25) is 0 Å². The van der Waals surface area contributed by atoms with Crippen molar-refractivity contribution in [2.24, 2.45) is 11.5 Å². The van der Waals surface area contributed by atoms with Crippen molar-refractivity contribution < 1.29 is 4.74 Å². The molecule has 1 rings (SSSR count). The van der Waals surface area contributed by atoms with Crippen molar-refractivity contribution in [1.29, 1.82) is 0 Å². The van der Waals surface area contributed by atoms with Gasteiger partial charge in [-0.2, -0.15) is 0 Å². The lowest BCUT2D eigenvalue weighted by molar-refractivity contribution is 0.313. The molecule has 0 unspecified atom stereocenters. The zero-order valence-corrected chi connectivity index (χ0v) is 9.11. The molecule has 0 aromatic heterocycles. The summed E-state index contributed by atoms with van der Waals surface area (Å²) in [5.41, 5.74) is 12.1. The molecule has 0 aliphatic heterocycles. The van der Waals surface area contributed by atoms with E-state index in [9.17, 15) is 0 Å². The van der Waals surface area contributed by atoms with E-state index < -0.39 is 0 Å². The minimum absolute atomic E-state index is 0.675. The number of ether oxygens (including phenoxy) is 1. The van der Waals surface area contributed by atoms with E-state index in [1.807, 2.05) is 12.1 Å². The molecule has 0 amide bonds. The first-order chi connectivity index (χ1) is 7.36. The third kappa shape index (κ3) is 4.81. The number of hydrogen-bond donors (Lipinski definition) is 2. The van der Waals surface area contributed by atoms with Gasteiger partial charge in [0.05, 0.1) is 6.61 Å². The first kappa shape index (κ1) is 12.0. The molecule has 0 bridgehead atoms. The number of hydrogen-bond acceptors (Lipinski definition) is 3. The smallest absolute Gasteiger partial charge is 0.119 e. The van der Waals surface area contributed by atoms with Gasteiger partial charge in [0, 0.05) is 0 Å². The van der Waals surface area contributed by atoms with E-state index in [0.29, 0.717) is 13.2 Å². The summed E-state index contributed by atoms with van der Waals surface area (Å²) >= 11 is 0. The molecular weight excluding hydrogens is 188 g/mol. The Kier molecular flexibility index (Phi) is 5.81. The summed E-state index contributed by atoms with van der Waals surface area (Å²) in [5, 5.41) is 0. The van der Waals surface area contributed by atoms with Crippen molar-refractivity contribution in [3.8, 4) is 5.75 Å². The predicted molar refractivity (Wildman–Crippen MR) is 63.0 cm³/mol. The Morgan fingerprint density at radius 3 is 2.20 bits per heavy atom. The average molecular weight is 208 g/mol. The first-order valence-electron chi connectivity index (χ1n) is 5.48. The Morgan fingerprint density at radius 1 is 0.933 bits per heavy atom. The van der Waals surface area contributed by atoms with Gasteiger partial charge >= 0.3 is 0 Å². The SMILES string of the molecule is NCCCOc1ccc(CCCN)cc1. The molecule has 15 heavy (non-hydrogen) atoms. The van der Waals surface area contributed by atoms with Gasteiger partial charge in [-0.25, -0.2) is 0 Å². The van der Waals surface area contributed by atoms with Gasteiger partial charge in [0.1, 0.15) is 5.75 Å². The molecule has 1 aromatic rings. The Morgan fingerprint density at radius 2 is 1.60 bits per heavy atom. The van der Waals surface area contributed by atoms with Crippen LogP contribution in [-0.2, 0) is 6.42 Å². The Hall–Kier alpha value is -1.06. The van der Waals surface area contributed by atoms with E-state index in [-0.39, 0.29) is 0 Å².